The van der Waals surface area contributed by atoms with Crippen molar-refractivity contribution in [1.29, 1.82) is 0 Å². The number of pyridine rings is 1. The first-order valence-electron chi connectivity index (χ1n) is 17.6. The molecular formula is C46H41N3OPtS. The zero-order valence-corrected chi connectivity index (χ0v) is 33.4. The summed E-state index contributed by atoms with van der Waals surface area (Å²) in [4.78, 5) is 10.2. The van der Waals surface area contributed by atoms with Crippen molar-refractivity contribution in [3.63, 3.8) is 0 Å². The van der Waals surface area contributed by atoms with Gasteiger partial charge < -0.3 is 14.3 Å². The number of benzene rings is 5. The molecule has 5 aromatic carbocycles. The summed E-state index contributed by atoms with van der Waals surface area (Å²) in [6.07, 6.45) is 1.86. The van der Waals surface area contributed by atoms with Crippen molar-refractivity contribution in [2.75, 3.05) is 5.75 Å². The number of aromatic nitrogens is 2. The second-order valence-electron chi connectivity index (χ2n) is 14.7. The van der Waals surface area contributed by atoms with Crippen molar-refractivity contribution < 1.29 is 25.8 Å². The molecule has 0 N–H and O–H groups in total. The topological polar surface area (TPSA) is 39.4 Å². The smallest absolute Gasteiger partial charge is 0.503 e. The van der Waals surface area contributed by atoms with Crippen LogP contribution in [-0.4, -0.2) is 26.4 Å². The Hall–Kier alpha value is -4.44. The molecule has 1 aliphatic rings. The van der Waals surface area contributed by atoms with E-state index in [0.29, 0.717) is 11.5 Å². The molecule has 3 heterocycles. The number of nitrogens with zero attached hydrogens (tertiary/aromatic N) is 3. The van der Waals surface area contributed by atoms with Gasteiger partial charge in [0.1, 0.15) is 5.65 Å². The van der Waals surface area contributed by atoms with Crippen LogP contribution in [0, 0.1) is 32.9 Å². The molecule has 0 amide bonds. The number of rotatable bonds is 7. The summed E-state index contributed by atoms with van der Waals surface area (Å²) in [5.41, 5.74) is 11.0. The molecule has 0 unspecified atom stereocenters. The molecule has 0 saturated heterocycles. The summed E-state index contributed by atoms with van der Waals surface area (Å²) in [5, 5.41) is 3.32. The maximum absolute atomic E-state index is 6.68. The van der Waals surface area contributed by atoms with Crippen LogP contribution >= 0.6 is 11.8 Å². The summed E-state index contributed by atoms with van der Waals surface area (Å²) in [7, 11) is 0. The van der Waals surface area contributed by atoms with E-state index in [-0.39, 0.29) is 38.4 Å². The number of aryl methyl sites for hydroxylation is 3. The molecule has 1 aliphatic heterocycles. The zero-order chi connectivity index (χ0) is 35.3. The monoisotopic (exact) mass is 878 g/mol. The summed E-state index contributed by atoms with van der Waals surface area (Å²) in [5.74, 6) is 2.41. The fraction of sp³-hybridized carbons (Fsp3) is 0.217. The minimum Gasteiger partial charge on any atom is -0.503 e. The molecular weight excluding hydrogens is 838 g/mol. The van der Waals surface area contributed by atoms with Crippen molar-refractivity contribution in [2.45, 2.75) is 58.9 Å². The van der Waals surface area contributed by atoms with Crippen molar-refractivity contribution in [1.82, 2.24) is 9.55 Å². The molecule has 4 nitrogen and oxygen atoms in total. The summed E-state index contributed by atoms with van der Waals surface area (Å²) in [6.45, 7) is 13.1. The maximum Gasteiger partial charge on any atom is 2.00 e. The van der Waals surface area contributed by atoms with Gasteiger partial charge in [0.15, 0.2) is 0 Å². The molecule has 262 valence electrons. The van der Waals surface area contributed by atoms with Crippen LogP contribution in [0.4, 0.5) is 0 Å². The summed E-state index contributed by atoms with van der Waals surface area (Å²) >= 11 is 1.81. The maximum atomic E-state index is 6.68. The van der Waals surface area contributed by atoms with Crippen LogP contribution in [0.25, 0.3) is 27.6 Å². The summed E-state index contributed by atoms with van der Waals surface area (Å²) < 4.78 is 8.88. The van der Waals surface area contributed by atoms with Gasteiger partial charge in [0, 0.05) is 45.2 Å². The third kappa shape index (κ3) is 6.89. The number of hydrogen-bond acceptors (Lipinski definition) is 4. The Morgan fingerprint density at radius 1 is 0.788 bits per heavy atom. The molecule has 52 heavy (non-hydrogen) atoms. The average molecular weight is 879 g/mol. The van der Waals surface area contributed by atoms with E-state index in [9.17, 15) is 0 Å². The van der Waals surface area contributed by atoms with E-state index in [1.54, 1.807) is 0 Å². The number of thioether (sulfide) groups is 1. The Morgan fingerprint density at radius 2 is 1.50 bits per heavy atom. The SMILES string of the molecule is Cc1cc(Oc2[c-]c(C3=N[C@H](C(c4ccccc4)c4ccccc4)CS3)c(C)cc2C)[c-]c(-n2c3ccc(C(C)(C)C)cc3c3cccnc32)c1.[Pt+2]. The third-order valence-electron chi connectivity index (χ3n) is 9.83. The van der Waals surface area contributed by atoms with Gasteiger partial charge in [-0.15, -0.1) is 35.4 Å². The first-order chi connectivity index (χ1) is 24.6. The molecule has 0 saturated carbocycles. The molecule has 0 fully saturated rings. The molecule has 8 rings (SSSR count). The zero-order valence-electron chi connectivity index (χ0n) is 30.3. The minimum absolute atomic E-state index is 0. The van der Waals surface area contributed by atoms with Gasteiger partial charge in [0.2, 0.25) is 0 Å². The molecule has 7 aromatic rings. The van der Waals surface area contributed by atoms with E-state index in [1.807, 2.05) is 30.1 Å². The molecule has 1 atom stereocenters. The van der Waals surface area contributed by atoms with Crippen LogP contribution in [0.2, 0.25) is 0 Å². The molecule has 0 bridgehead atoms. The van der Waals surface area contributed by atoms with E-state index in [2.05, 4.69) is 155 Å². The standard InChI is InChI=1S/C46H41N3OS.Pt/c1-29-22-35(49-41-20-19-34(46(4,5)6)25-39(41)37-18-13-21-47-44(37)49)26-36(23-29)50-42-27-38(30(2)24-31(42)3)45-48-40(28-51-45)43(32-14-9-7-10-15-32)33-16-11-8-12-17-33;/h7-25,40,43H,28H2,1-6H3;/q-2;+2/t40-;/m0./s1. The van der Waals surface area contributed by atoms with Crippen LogP contribution in [0.3, 0.4) is 0 Å². The van der Waals surface area contributed by atoms with Gasteiger partial charge >= 0.3 is 21.1 Å². The Kier molecular flexibility index (Phi) is 10.0. The average Bonchev–Trinajstić information content (AvgIpc) is 3.73. The third-order valence-corrected chi connectivity index (χ3v) is 10.9. The second kappa shape index (κ2) is 14.5. The normalized spacial score (nSPS) is 14.5. The fourth-order valence-corrected chi connectivity index (χ4v) is 8.42. The van der Waals surface area contributed by atoms with E-state index in [4.69, 9.17) is 14.7 Å². The van der Waals surface area contributed by atoms with Crippen LogP contribution in [0.5, 0.6) is 11.5 Å². The minimum atomic E-state index is 0. The van der Waals surface area contributed by atoms with Crippen molar-refractivity contribution in [2.24, 2.45) is 4.99 Å². The van der Waals surface area contributed by atoms with E-state index >= 15 is 0 Å². The van der Waals surface area contributed by atoms with E-state index in [1.165, 1.54) is 22.1 Å². The van der Waals surface area contributed by atoms with Gasteiger partial charge in [-0.2, -0.15) is 17.3 Å². The van der Waals surface area contributed by atoms with Crippen LogP contribution in [0.15, 0.2) is 120 Å². The molecule has 0 aliphatic carbocycles. The molecule has 6 heteroatoms. The number of ether oxygens (including phenoxy) is 1. The van der Waals surface area contributed by atoms with Gasteiger partial charge in [0.25, 0.3) is 0 Å². The second-order valence-corrected chi connectivity index (χ2v) is 15.7. The predicted octanol–water partition coefficient (Wildman–Crippen LogP) is 11.5. The van der Waals surface area contributed by atoms with Gasteiger partial charge in [-0.1, -0.05) is 126 Å². The summed E-state index contributed by atoms with van der Waals surface area (Å²) in [6, 6.07) is 46.2. The van der Waals surface area contributed by atoms with E-state index < -0.39 is 0 Å². The van der Waals surface area contributed by atoms with Gasteiger partial charge in [-0.25, -0.2) is 4.98 Å². The van der Waals surface area contributed by atoms with Crippen molar-refractivity contribution >= 4 is 38.7 Å². The van der Waals surface area contributed by atoms with Gasteiger partial charge in [-0.3, -0.25) is 0 Å². The first-order valence-corrected chi connectivity index (χ1v) is 18.6. The predicted molar refractivity (Wildman–Crippen MR) is 213 cm³/mol. The van der Waals surface area contributed by atoms with Crippen LogP contribution in [0.1, 0.15) is 65.6 Å². The Labute approximate surface area is 325 Å². The van der Waals surface area contributed by atoms with Crippen LogP contribution in [-0.2, 0) is 26.5 Å². The molecule has 0 radical (unpaired) electrons. The molecule has 0 spiro atoms. The number of hydrogen-bond donors (Lipinski definition) is 0. The van der Waals surface area contributed by atoms with Crippen LogP contribution < -0.4 is 4.74 Å². The fourth-order valence-electron chi connectivity index (χ4n) is 7.26. The first kappa shape index (κ1) is 35.9. The van der Waals surface area contributed by atoms with Crippen molar-refractivity contribution in [3.05, 3.63) is 166 Å². The Morgan fingerprint density at radius 3 is 2.19 bits per heavy atom. The quantitative estimate of drug-likeness (QED) is 0.150. The van der Waals surface area contributed by atoms with E-state index in [0.717, 1.165) is 55.3 Å². The largest absolute Gasteiger partial charge is 2.00 e. The molecule has 2 aromatic heterocycles. The number of fused-ring (bicyclic) bond motifs is 3. The Bertz CT molecular complexity index is 2390. The number of aliphatic imine (C=N–C) groups is 1. The Balaban J connectivity index is 0.00000420. The van der Waals surface area contributed by atoms with Gasteiger partial charge in [-0.05, 0) is 46.4 Å². The van der Waals surface area contributed by atoms with Gasteiger partial charge in [0.05, 0.1) is 11.6 Å². The van der Waals surface area contributed by atoms with Crippen molar-refractivity contribution in [3.8, 4) is 17.2 Å².